The lowest BCUT2D eigenvalue weighted by Gasteiger charge is -2.20. The number of carbonyl (C=O) groups is 2. The van der Waals surface area contributed by atoms with Gasteiger partial charge in [0.05, 0.1) is 30.5 Å². The lowest BCUT2D eigenvalue weighted by Crippen LogP contribution is -2.34. The van der Waals surface area contributed by atoms with Crippen molar-refractivity contribution in [2.24, 2.45) is 0 Å². The van der Waals surface area contributed by atoms with Crippen LogP contribution in [0.5, 0.6) is 0 Å². The minimum Gasteiger partial charge on any atom is -0.479 e. The number of Topliss-reactive ketones (excluding diaryl/α,β-unsaturated/α-hetero) is 1. The van der Waals surface area contributed by atoms with E-state index in [9.17, 15) is 9.59 Å². The molecule has 0 bridgehead atoms. The monoisotopic (exact) mass is 511 g/mol. The smallest absolute Gasteiger partial charge is 0.335 e. The Morgan fingerprint density at radius 3 is 2.24 bits per heavy atom. The van der Waals surface area contributed by atoms with Crippen LogP contribution >= 0.6 is 0 Å². The maximum Gasteiger partial charge on any atom is 0.335 e. The Morgan fingerprint density at radius 1 is 0.947 bits per heavy atom. The first-order chi connectivity index (χ1) is 18.3. The Hall–Kier alpha value is -4.41. The van der Waals surface area contributed by atoms with E-state index >= 15 is 0 Å². The Morgan fingerprint density at radius 2 is 1.61 bits per heavy atom. The number of carboxylic acids is 1. The molecule has 0 fully saturated rings. The second-order valence-electron chi connectivity index (χ2n) is 9.37. The van der Waals surface area contributed by atoms with E-state index in [1.165, 1.54) is 19.4 Å². The van der Waals surface area contributed by atoms with Gasteiger partial charge in [-0.15, -0.1) is 0 Å². The number of hydrogen-bond acceptors (Lipinski definition) is 6. The SMILES string of the molecule is CC(C)(OCc1ccc(CCCN/C=C(\NCC(=O)c2ccc(C#N)cc2)c2ccccc2)cc1)C(=O)O. The maximum atomic E-state index is 12.6. The summed E-state index contributed by atoms with van der Waals surface area (Å²) in [7, 11) is 0. The highest BCUT2D eigenvalue weighted by Crippen LogP contribution is 2.15. The van der Waals surface area contributed by atoms with Crippen molar-refractivity contribution in [3.63, 3.8) is 0 Å². The number of nitriles is 1. The molecule has 7 nitrogen and oxygen atoms in total. The van der Waals surface area contributed by atoms with Gasteiger partial charge in [-0.1, -0.05) is 66.7 Å². The number of nitrogens with one attached hydrogen (secondary N) is 2. The van der Waals surface area contributed by atoms with Crippen molar-refractivity contribution in [1.29, 1.82) is 5.26 Å². The van der Waals surface area contributed by atoms with E-state index < -0.39 is 11.6 Å². The second kappa shape index (κ2) is 13.8. The number of hydrogen-bond donors (Lipinski definition) is 3. The van der Waals surface area contributed by atoms with Crippen molar-refractivity contribution < 1.29 is 19.4 Å². The van der Waals surface area contributed by atoms with E-state index in [-0.39, 0.29) is 18.9 Å². The third kappa shape index (κ3) is 8.61. The molecule has 0 saturated carbocycles. The van der Waals surface area contributed by atoms with Crippen LogP contribution in [0, 0.1) is 11.3 Å². The van der Waals surface area contributed by atoms with Gasteiger partial charge in [-0.3, -0.25) is 4.79 Å². The van der Waals surface area contributed by atoms with Gasteiger partial charge in [-0.25, -0.2) is 4.79 Å². The molecule has 0 aliphatic rings. The lowest BCUT2D eigenvalue weighted by atomic mass is 10.1. The first-order valence-corrected chi connectivity index (χ1v) is 12.5. The number of benzene rings is 3. The van der Waals surface area contributed by atoms with E-state index in [1.807, 2.05) is 60.8 Å². The summed E-state index contributed by atoms with van der Waals surface area (Å²) in [6.07, 6.45) is 3.69. The van der Waals surface area contributed by atoms with Gasteiger partial charge in [0.15, 0.2) is 11.4 Å². The molecule has 0 amide bonds. The summed E-state index contributed by atoms with van der Waals surface area (Å²) >= 11 is 0. The number of nitrogens with zero attached hydrogens (tertiary/aromatic N) is 1. The highest BCUT2D eigenvalue weighted by Gasteiger charge is 2.27. The Labute approximate surface area is 223 Å². The molecule has 0 atom stereocenters. The summed E-state index contributed by atoms with van der Waals surface area (Å²) in [5.41, 5.74) is 3.76. The van der Waals surface area contributed by atoms with Crippen LogP contribution in [0.3, 0.4) is 0 Å². The van der Waals surface area contributed by atoms with Crippen LogP contribution in [0.4, 0.5) is 0 Å². The molecule has 3 rings (SSSR count). The normalized spacial score (nSPS) is 11.4. The van der Waals surface area contributed by atoms with Gasteiger partial charge in [0.2, 0.25) is 0 Å². The molecule has 0 aromatic heterocycles. The zero-order valence-corrected chi connectivity index (χ0v) is 21.7. The molecule has 7 heteroatoms. The van der Waals surface area contributed by atoms with Crippen LogP contribution in [0.15, 0.2) is 85.1 Å². The summed E-state index contributed by atoms with van der Waals surface area (Å²) < 4.78 is 5.50. The van der Waals surface area contributed by atoms with Gasteiger partial charge in [0.1, 0.15) is 0 Å². The topological polar surface area (TPSA) is 111 Å². The zero-order valence-electron chi connectivity index (χ0n) is 21.7. The van der Waals surface area contributed by atoms with Gasteiger partial charge in [0.25, 0.3) is 0 Å². The van der Waals surface area contributed by atoms with Crippen molar-refractivity contribution in [3.8, 4) is 6.07 Å². The molecular formula is C31H33N3O4. The molecule has 0 radical (unpaired) electrons. The standard InChI is InChI=1S/C31H33N3O4/c1-31(2,30(36)37)38-22-25-12-10-23(11-13-25)7-6-18-33-20-28(26-8-4-3-5-9-26)34-21-29(35)27-16-14-24(19-32)15-17-27/h3-5,8-17,20,33-34H,6-7,18,21-22H2,1-2H3,(H,36,37)/b28-20-. The Balaban J connectivity index is 1.50. The third-order valence-corrected chi connectivity index (χ3v) is 6.03. The first kappa shape index (κ1) is 28.2. The molecule has 3 N–H and O–H groups in total. The minimum atomic E-state index is -1.22. The first-order valence-electron chi connectivity index (χ1n) is 12.5. The van der Waals surface area contributed by atoms with Crippen LogP contribution in [0.25, 0.3) is 5.70 Å². The largest absolute Gasteiger partial charge is 0.479 e. The highest BCUT2D eigenvalue weighted by molar-refractivity contribution is 5.98. The van der Waals surface area contributed by atoms with Gasteiger partial charge in [-0.05, 0) is 55.5 Å². The summed E-state index contributed by atoms with van der Waals surface area (Å²) in [5.74, 6) is -1.05. The number of carboxylic acid groups (broad SMARTS) is 1. The quantitative estimate of drug-likeness (QED) is 0.208. The Kier molecular flexibility index (Phi) is 10.2. The molecule has 3 aromatic rings. The minimum absolute atomic E-state index is 0.0586. The van der Waals surface area contributed by atoms with Crippen LogP contribution < -0.4 is 10.6 Å². The molecular weight excluding hydrogens is 478 g/mol. The summed E-state index contributed by atoms with van der Waals surface area (Å²) in [4.78, 5) is 23.8. The van der Waals surface area contributed by atoms with Crippen LogP contribution in [0.2, 0.25) is 0 Å². The van der Waals surface area contributed by atoms with E-state index in [2.05, 4.69) is 16.7 Å². The summed E-state index contributed by atoms with van der Waals surface area (Å²) in [6.45, 7) is 4.20. The summed E-state index contributed by atoms with van der Waals surface area (Å²) in [6, 6.07) is 26.5. The maximum absolute atomic E-state index is 12.6. The van der Waals surface area contributed by atoms with Crippen molar-refractivity contribution in [2.75, 3.05) is 13.1 Å². The fraction of sp³-hybridized carbons (Fsp3) is 0.258. The number of carbonyl (C=O) groups excluding carboxylic acids is 1. The number of ketones is 1. The number of rotatable bonds is 14. The van der Waals surface area contributed by atoms with E-state index in [0.717, 1.165) is 36.2 Å². The molecule has 0 unspecified atom stereocenters. The van der Waals surface area contributed by atoms with Crippen LogP contribution in [-0.4, -0.2) is 35.5 Å². The number of ether oxygens (including phenoxy) is 1. The van der Waals surface area contributed by atoms with Crippen molar-refractivity contribution in [2.45, 2.75) is 38.9 Å². The molecule has 0 saturated heterocycles. The lowest BCUT2D eigenvalue weighted by molar-refractivity contribution is -0.162. The highest BCUT2D eigenvalue weighted by atomic mass is 16.5. The predicted molar refractivity (Wildman–Crippen MR) is 147 cm³/mol. The fourth-order valence-corrected chi connectivity index (χ4v) is 3.56. The molecule has 3 aromatic carbocycles. The van der Waals surface area contributed by atoms with Gasteiger partial charge in [0, 0.05) is 18.3 Å². The number of aryl methyl sites for hydroxylation is 1. The van der Waals surface area contributed by atoms with Gasteiger partial charge >= 0.3 is 5.97 Å². The molecule has 0 spiro atoms. The van der Waals surface area contributed by atoms with Crippen LogP contribution in [-0.2, 0) is 22.6 Å². The third-order valence-electron chi connectivity index (χ3n) is 6.03. The average molecular weight is 512 g/mol. The predicted octanol–water partition coefficient (Wildman–Crippen LogP) is 4.93. The van der Waals surface area contributed by atoms with Crippen molar-refractivity contribution in [1.82, 2.24) is 10.6 Å². The molecule has 0 aliphatic carbocycles. The number of aliphatic carboxylic acids is 1. The fourth-order valence-electron chi connectivity index (χ4n) is 3.56. The molecule has 38 heavy (non-hydrogen) atoms. The van der Waals surface area contributed by atoms with Crippen molar-refractivity contribution in [3.05, 3.63) is 113 Å². The van der Waals surface area contributed by atoms with Gasteiger partial charge in [-0.2, -0.15) is 5.26 Å². The van der Waals surface area contributed by atoms with E-state index in [4.69, 9.17) is 15.1 Å². The van der Waals surface area contributed by atoms with Crippen LogP contribution in [0.1, 0.15) is 52.9 Å². The van der Waals surface area contributed by atoms with Crippen molar-refractivity contribution >= 4 is 17.4 Å². The summed E-state index contributed by atoms with van der Waals surface area (Å²) in [5, 5.41) is 24.7. The molecule has 0 aliphatic heterocycles. The zero-order chi connectivity index (χ0) is 27.4. The Bertz CT molecular complexity index is 1280. The van der Waals surface area contributed by atoms with E-state index in [1.54, 1.807) is 24.3 Å². The second-order valence-corrected chi connectivity index (χ2v) is 9.37. The average Bonchev–Trinajstić information content (AvgIpc) is 2.94. The van der Waals surface area contributed by atoms with Gasteiger partial charge < -0.3 is 20.5 Å². The molecule has 196 valence electrons. The molecule has 0 heterocycles. The van der Waals surface area contributed by atoms with E-state index in [0.29, 0.717) is 11.1 Å².